The first kappa shape index (κ1) is 9.01. The molecule has 64 valence electrons. The van der Waals surface area contributed by atoms with Crippen molar-refractivity contribution >= 4 is 17.4 Å². The normalized spacial score (nSPS) is 32.4. The van der Waals surface area contributed by atoms with Crippen LogP contribution in [-0.4, -0.2) is 23.9 Å². The summed E-state index contributed by atoms with van der Waals surface area (Å²) in [5.41, 5.74) is 0. The second-order valence-corrected chi connectivity index (χ2v) is 3.31. The van der Waals surface area contributed by atoms with Crippen LogP contribution < -0.4 is 0 Å². The number of halogens is 1. The standard InChI is InChI=1S/C8H13ClO2/c1-2-11-8-6(9)4-3-5-7(8)10/h6,8H,2-5H2,1H3. The lowest BCUT2D eigenvalue weighted by Crippen LogP contribution is -2.36. The quantitative estimate of drug-likeness (QED) is 0.600. The van der Waals surface area contributed by atoms with Crippen molar-refractivity contribution in [1.82, 2.24) is 0 Å². The molecule has 0 aliphatic heterocycles. The number of hydrogen-bond acceptors (Lipinski definition) is 2. The van der Waals surface area contributed by atoms with Gasteiger partial charge >= 0.3 is 0 Å². The minimum atomic E-state index is -0.338. The molecular weight excluding hydrogens is 164 g/mol. The predicted molar refractivity (Wildman–Crippen MR) is 43.9 cm³/mol. The van der Waals surface area contributed by atoms with Crippen LogP contribution in [0.25, 0.3) is 0 Å². The molecule has 1 aliphatic carbocycles. The number of ether oxygens (including phenoxy) is 1. The van der Waals surface area contributed by atoms with Crippen molar-refractivity contribution in [3.8, 4) is 0 Å². The Kier molecular flexibility index (Phi) is 3.34. The van der Waals surface area contributed by atoms with Gasteiger partial charge in [0.2, 0.25) is 0 Å². The molecule has 0 N–H and O–H groups in total. The van der Waals surface area contributed by atoms with E-state index in [9.17, 15) is 4.79 Å². The minimum absolute atomic E-state index is 0.101. The lowest BCUT2D eigenvalue weighted by molar-refractivity contribution is -0.132. The molecule has 0 saturated heterocycles. The van der Waals surface area contributed by atoms with Gasteiger partial charge in [-0.2, -0.15) is 0 Å². The number of Topliss-reactive ketones (excluding diaryl/α,β-unsaturated/α-hetero) is 1. The van der Waals surface area contributed by atoms with Gasteiger partial charge in [0, 0.05) is 13.0 Å². The number of hydrogen-bond donors (Lipinski definition) is 0. The molecule has 1 rings (SSSR count). The summed E-state index contributed by atoms with van der Waals surface area (Å²) in [6.45, 7) is 2.45. The van der Waals surface area contributed by atoms with Crippen LogP contribution in [-0.2, 0) is 9.53 Å². The zero-order chi connectivity index (χ0) is 8.27. The highest BCUT2D eigenvalue weighted by Gasteiger charge is 2.30. The van der Waals surface area contributed by atoms with E-state index < -0.39 is 0 Å². The summed E-state index contributed by atoms with van der Waals surface area (Å²) in [6.07, 6.45) is 2.11. The first-order valence-corrected chi connectivity index (χ1v) is 4.47. The summed E-state index contributed by atoms with van der Waals surface area (Å²) in [5, 5.41) is -0.101. The highest BCUT2D eigenvalue weighted by Crippen LogP contribution is 2.22. The molecule has 0 aromatic heterocycles. The molecule has 2 unspecified atom stereocenters. The van der Waals surface area contributed by atoms with Gasteiger partial charge in [-0.25, -0.2) is 0 Å². The predicted octanol–water partition coefficient (Wildman–Crippen LogP) is 1.75. The van der Waals surface area contributed by atoms with Crippen molar-refractivity contribution < 1.29 is 9.53 Å². The molecule has 11 heavy (non-hydrogen) atoms. The van der Waals surface area contributed by atoms with Crippen molar-refractivity contribution in [2.45, 2.75) is 37.7 Å². The third-order valence-electron chi connectivity index (χ3n) is 1.90. The first-order chi connectivity index (χ1) is 5.25. The molecule has 2 nitrogen and oxygen atoms in total. The Bertz CT molecular complexity index is 147. The van der Waals surface area contributed by atoms with Gasteiger partial charge < -0.3 is 4.74 Å². The lowest BCUT2D eigenvalue weighted by Gasteiger charge is -2.25. The van der Waals surface area contributed by atoms with E-state index in [1.807, 2.05) is 6.92 Å². The van der Waals surface area contributed by atoms with E-state index in [0.29, 0.717) is 13.0 Å². The summed E-state index contributed by atoms with van der Waals surface area (Å²) in [5.74, 6) is 0.165. The van der Waals surface area contributed by atoms with Gasteiger partial charge in [0.05, 0.1) is 5.38 Å². The average molecular weight is 177 g/mol. The average Bonchev–Trinajstić information content (AvgIpc) is 1.97. The van der Waals surface area contributed by atoms with Crippen molar-refractivity contribution in [3.05, 3.63) is 0 Å². The maximum Gasteiger partial charge on any atom is 0.163 e. The van der Waals surface area contributed by atoms with Crippen molar-refractivity contribution in [1.29, 1.82) is 0 Å². The zero-order valence-corrected chi connectivity index (χ0v) is 7.43. The number of ketones is 1. The van der Waals surface area contributed by atoms with Crippen LogP contribution >= 0.6 is 11.6 Å². The summed E-state index contributed by atoms with van der Waals surface area (Å²) in [6, 6.07) is 0. The molecule has 0 spiro atoms. The van der Waals surface area contributed by atoms with Gasteiger partial charge in [0.1, 0.15) is 6.10 Å². The van der Waals surface area contributed by atoms with Crippen LogP contribution in [0.3, 0.4) is 0 Å². The second-order valence-electron chi connectivity index (χ2n) is 2.75. The summed E-state index contributed by atoms with van der Waals surface area (Å²) < 4.78 is 5.23. The third kappa shape index (κ3) is 2.17. The minimum Gasteiger partial charge on any atom is -0.369 e. The highest BCUT2D eigenvalue weighted by atomic mass is 35.5. The Balaban J connectivity index is 2.48. The van der Waals surface area contributed by atoms with Crippen LogP contribution in [0.2, 0.25) is 0 Å². The molecule has 0 radical (unpaired) electrons. The molecule has 1 saturated carbocycles. The zero-order valence-electron chi connectivity index (χ0n) is 6.68. The van der Waals surface area contributed by atoms with E-state index in [4.69, 9.17) is 16.3 Å². The Morgan fingerprint density at radius 2 is 2.45 bits per heavy atom. The first-order valence-electron chi connectivity index (χ1n) is 4.04. The molecular formula is C8H13ClO2. The van der Waals surface area contributed by atoms with Crippen molar-refractivity contribution in [3.63, 3.8) is 0 Å². The smallest absolute Gasteiger partial charge is 0.163 e. The fourth-order valence-electron chi connectivity index (χ4n) is 1.34. The maximum absolute atomic E-state index is 11.2. The van der Waals surface area contributed by atoms with E-state index in [2.05, 4.69) is 0 Å². The van der Waals surface area contributed by atoms with Gasteiger partial charge in [0.15, 0.2) is 5.78 Å². The fraction of sp³-hybridized carbons (Fsp3) is 0.875. The number of alkyl halides is 1. The molecule has 2 atom stereocenters. The third-order valence-corrected chi connectivity index (χ3v) is 2.34. The lowest BCUT2D eigenvalue weighted by atomic mass is 9.96. The largest absolute Gasteiger partial charge is 0.369 e. The Morgan fingerprint density at radius 3 is 3.00 bits per heavy atom. The number of rotatable bonds is 2. The molecule has 0 aromatic carbocycles. The van der Waals surface area contributed by atoms with Gasteiger partial charge in [-0.1, -0.05) is 0 Å². The molecule has 3 heteroatoms. The molecule has 0 aromatic rings. The summed E-state index contributed by atoms with van der Waals surface area (Å²) in [4.78, 5) is 11.2. The number of carbonyl (C=O) groups excluding carboxylic acids is 1. The highest BCUT2D eigenvalue weighted by molar-refractivity contribution is 6.23. The molecule has 0 bridgehead atoms. The van der Waals surface area contributed by atoms with E-state index in [1.54, 1.807) is 0 Å². The van der Waals surface area contributed by atoms with Crippen LogP contribution in [0.5, 0.6) is 0 Å². The van der Waals surface area contributed by atoms with Gasteiger partial charge in [0.25, 0.3) is 0 Å². The van der Waals surface area contributed by atoms with Gasteiger partial charge in [-0.05, 0) is 19.8 Å². The van der Waals surface area contributed by atoms with E-state index in [0.717, 1.165) is 12.8 Å². The van der Waals surface area contributed by atoms with Crippen molar-refractivity contribution in [2.75, 3.05) is 6.61 Å². The summed E-state index contributed by atoms with van der Waals surface area (Å²) in [7, 11) is 0. The van der Waals surface area contributed by atoms with Crippen LogP contribution in [0.15, 0.2) is 0 Å². The maximum atomic E-state index is 11.2. The van der Waals surface area contributed by atoms with Crippen LogP contribution in [0.1, 0.15) is 26.2 Å². The second kappa shape index (κ2) is 4.07. The fourth-order valence-corrected chi connectivity index (χ4v) is 1.71. The molecule has 1 fully saturated rings. The van der Waals surface area contributed by atoms with Crippen LogP contribution in [0.4, 0.5) is 0 Å². The monoisotopic (exact) mass is 176 g/mol. The molecule has 1 aliphatic rings. The SMILES string of the molecule is CCOC1C(=O)CCCC1Cl. The topological polar surface area (TPSA) is 26.3 Å². The van der Waals surface area contributed by atoms with Gasteiger partial charge in [-0.3, -0.25) is 4.79 Å². The number of carbonyl (C=O) groups is 1. The van der Waals surface area contributed by atoms with E-state index in [1.165, 1.54) is 0 Å². The Hall–Kier alpha value is -0.0800. The Labute approximate surface area is 71.9 Å². The molecule has 0 amide bonds. The summed E-state index contributed by atoms with van der Waals surface area (Å²) >= 11 is 5.91. The molecule has 0 heterocycles. The van der Waals surface area contributed by atoms with E-state index in [-0.39, 0.29) is 17.3 Å². The van der Waals surface area contributed by atoms with E-state index >= 15 is 0 Å². The van der Waals surface area contributed by atoms with Crippen molar-refractivity contribution in [2.24, 2.45) is 0 Å². The Morgan fingerprint density at radius 1 is 1.73 bits per heavy atom. The van der Waals surface area contributed by atoms with Crippen LogP contribution in [0, 0.1) is 0 Å². The van der Waals surface area contributed by atoms with Gasteiger partial charge in [-0.15, -0.1) is 11.6 Å².